The summed E-state index contributed by atoms with van der Waals surface area (Å²) >= 11 is 0. The number of aliphatic hydroxyl groups is 2. The van der Waals surface area contributed by atoms with E-state index in [0.717, 1.165) is 28.8 Å². The Labute approximate surface area is 273 Å². The lowest BCUT2D eigenvalue weighted by Gasteiger charge is -2.62. The molecule has 2 aromatic carbocycles. The minimum absolute atomic E-state index is 0.0507. The first kappa shape index (κ1) is 34.2. The molecule has 6 rings (SSSR count). The maximum Gasteiger partial charge on any atom is 0.251 e. The van der Waals surface area contributed by atoms with Gasteiger partial charge in [0.1, 0.15) is 17.9 Å². The van der Waals surface area contributed by atoms with Gasteiger partial charge in [-0.2, -0.15) is 5.06 Å². The molecule has 1 aliphatic heterocycles. The molecule has 8 atom stereocenters. The number of hydrogen-bond acceptors (Lipinski definition) is 8. The summed E-state index contributed by atoms with van der Waals surface area (Å²) in [5, 5.41) is 28.8. The van der Waals surface area contributed by atoms with Crippen molar-refractivity contribution in [3.8, 4) is 16.9 Å². The van der Waals surface area contributed by atoms with Crippen molar-refractivity contribution >= 4 is 17.5 Å². The first-order valence-electron chi connectivity index (χ1n) is 16.6. The lowest BCUT2D eigenvalue weighted by molar-refractivity contribution is -0.183. The number of aliphatic hydroxyl groups excluding tert-OH is 2. The Kier molecular flexibility index (Phi) is 10.0. The second kappa shape index (κ2) is 13.5. The summed E-state index contributed by atoms with van der Waals surface area (Å²) in [7, 11) is 5.46. The van der Waals surface area contributed by atoms with Gasteiger partial charge in [0.25, 0.3) is 5.91 Å². The fourth-order valence-electron chi connectivity index (χ4n) is 8.20. The molecule has 4 N–H and O–H groups in total. The smallest absolute Gasteiger partial charge is 0.251 e. The maximum atomic E-state index is 14.1. The van der Waals surface area contributed by atoms with E-state index < -0.39 is 24.2 Å². The van der Waals surface area contributed by atoms with Gasteiger partial charge < -0.3 is 30.5 Å². The monoisotopic (exact) mass is 636 g/mol. The highest BCUT2D eigenvalue weighted by atomic mass is 16.7. The number of nitrogens with zero attached hydrogens (tertiary/aromatic N) is 2. The Bertz CT molecular complexity index is 1430. The zero-order valence-corrected chi connectivity index (χ0v) is 28.5. The minimum Gasteiger partial charge on any atom is -0.493 e. The lowest BCUT2D eigenvalue weighted by Crippen LogP contribution is -2.62. The standard InChI is InChI=1S/C36H52N4O6/c1-9-45-33-22(11-10-12-27(33)23-13-24(34(43)37-6)15-26(14-23)39(7)8)18-40-32(31(21(3)42)30(19-41)46-40)35(44)38-29-17-25-16-28(20(29)2)36(25,4)5/h10-15,20-21,25,28-32,41-42H,9,16-19H2,1-8H3,(H,37,43)(H,38,44)/t20-,21-,25+,28+,29-,30-,31-,32-/m0/s1. The molecular weight excluding hydrogens is 584 g/mol. The van der Waals surface area contributed by atoms with Crippen LogP contribution in [0.1, 0.15) is 63.4 Å². The van der Waals surface area contributed by atoms with Crippen LogP contribution in [-0.2, 0) is 16.2 Å². The molecule has 0 aromatic heterocycles. The van der Waals surface area contributed by atoms with E-state index in [1.54, 1.807) is 19.0 Å². The van der Waals surface area contributed by atoms with Gasteiger partial charge in [-0.1, -0.05) is 39.0 Å². The topological polar surface area (TPSA) is 124 Å². The highest BCUT2D eigenvalue weighted by Gasteiger charge is 2.57. The van der Waals surface area contributed by atoms with E-state index in [1.807, 2.05) is 62.3 Å². The van der Waals surface area contributed by atoms with E-state index in [9.17, 15) is 19.8 Å². The van der Waals surface area contributed by atoms with Gasteiger partial charge in [-0.15, -0.1) is 0 Å². The second-order valence-electron chi connectivity index (χ2n) is 14.2. The maximum absolute atomic E-state index is 14.1. The van der Waals surface area contributed by atoms with Crippen molar-refractivity contribution in [2.45, 2.75) is 78.3 Å². The number of hydroxylamine groups is 2. The van der Waals surface area contributed by atoms with Crippen LogP contribution in [0.5, 0.6) is 5.75 Å². The summed E-state index contributed by atoms with van der Waals surface area (Å²) in [6.45, 7) is 10.7. The summed E-state index contributed by atoms with van der Waals surface area (Å²) < 4.78 is 6.26. The number of nitrogens with one attached hydrogen (secondary N) is 2. The Hall–Kier alpha value is -3.18. The van der Waals surface area contributed by atoms with Gasteiger partial charge >= 0.3 is 0 Å². The molecule has 2 amide bonds. The van der Waals surface area contributed by atoms with Crippen LogP contribution in [0.3, 0.4) is 0 Å². The van der Waals surface area contributed by atoms with Crippen LogP contribution in [0.15, 0.2) is 36.4 Å². The van der Waals surface area contributed by atoms with Crippen molar-refractivity contribution in [3.05, 3.63) is 47.5 Å². The quantitative estimate of drug-likeness (QED) is 0.294. The van der Waals surface area contributed by atoms with E-state index in [2.05, 4.69) is 31.4 Å². The lowest BCUT2D eigenvalue weighted by atomic mass is 9.45. The highest BCUT2D eigenvalue weighted by molar-refractivity contribution is 5.97. The van der Waals surface area contributed by atoms with E-state index in [4.69, 9.17) is 9.57 Å². The minimum atomic E-state index is -0.886. The molecule has 0 unspecified atom stereocenters. The number of carbonyl (C=O) groups is 2. The molecule has 4 aliphatic rings. The van der Waals surface area contributed by atoms with Crippen LogP contribution in [0.4, 0.5) is 5.69 Å². The summed E-state index contributed by atoms with van der Waals surface area (Å²) in [5.41, 5.74) is 4.09. The highest BCUT2D eigenvalue weighted by Crippen LogP contribution is 2.61. The first-order chi connectivity index (χ1) is 21.8. The molecular formula is C36H52N4O6. The van der Waals surface area contributed by atoms with E-state index >= 15 is 0 Å². The van der Waals surface area contributed by atoms with Gasteiger partial charge in [-0.3, -0.25) is 14.4 Å². The van der Waals surface area contributed by atoms with Crippen molar-refractivity contribution in [1.29, 1.82) is 0 Å². The number of benzene rings is 2. The predicted molar refractivity (Wildman–Crippen MR) is 178 cm³/mol. The fraction of sp³-hybridized carbons (Fsp3) is 0.611. The Morgan fingerprint density at radius 1 is 1.20 bits per heavy atom. The van der Waals surface area contributed by atoms with Gasteiger partial charge in [-0.05, 0) is 73.6 Å². The summed E-state index contributed by atoms with van der Waals surface area (Å²) in [6, 6.07) is 10.8. The molecule has 10 heteroatoms. The molecule has 2 bridgehead atoms. The van der Waals surface area contributed by atoms with Gasteiger partial charge in [-0.25, -0.2) is 0 Å². The van der Waals surface area contributed by atoms with Crippen molar-refractivity contribution in [2.24, 2.45) is 29.1 Å². The number of ether oxygens (including phenoxy) is 1. The molecule has 1 heterocycles. The number of amides is 2. The van der Waals surface area contributed by atoms with E-state index in [-0.39, 0.29) is 31.0 Å². The Balaban J connectivity index is 1.48. The van der Waals surface area contributed by atoms with Crippen LogP contribution < -0.4 is 20.3 Å². The average Bonchev–Trinajstić information content (AvgIpc) is 3.40. The molecule has 0 spiro atoms. The zero-order valence-electron chi connectivity index (χ0n) is 28.5. The number of hydrogen-bond donors (Lipinski definition) is 4. The van der Waals surface area contributed by atoms with Crippen LogP contribution >= 0.6 is 0 Å². The van der Waals surface area contributed by atoms with Crippen LogP contribution in [0.25, 0.3) is 11.1 Å². The SMILES string of the molecule is CCOc1c(CN2O[C@@H](CO)[C@H]([C@H](C)O)[C@H]2C(=O)N[C@H]2C[C@H]3C[C@H]([C@@H]2C)C3(C)C)cccc1-c1cc(C(=O)NC)cc(N(C)C)c1. The first-order valence-corrected chi connectivity index (χ1v) is 16.6. The summed E-state index contributed by atoms with van der Waals surface area (Å²) in [4.78, 5) is 35.0. The molecule has 0 radical (unpaired) electrons. The third-order valence-corrected chi connectivity index (χ3v) is 11.0. The van der Waals surface area contributed by atoms with Gasteiger partial charge in [0.2, 0.25) is 5.91 Å². The second-order valence-corrected chi connectivity index (χ2v) is 14.2. The number of carbonyl (C=O) groups excluding carboxylic acids is 2. The third-order valence-electron chi connectivity index (χ3n) is 11.0. The Morgan fingerprint density at radius 3 is 2.52 bits per heavy atom. The molecule has 4 fully saturated rings. The molecule has 1 saturated heterocycles. The van der Waals surface area contributed by atoms with E-state index in [0.29, 0.717) is 41.1 Å². The van der Waals surface area contributed by atoms with Crippen LogP contribution in [0, 0.1) is 29.1 Å². The third kappa shape index (κ3) is 6.24. The van der Waals surface area contributed by atoms with Crippen molar-refractivity contribution in [1.82, 2.24) is 15.7 Å². The number of para-hydroxylation sites is 1. The van der Waals surface area contributed by atoms with Crippen molar-refractivity contribution < 1.29 is 29.4 Å². The molecule has 2 aromatic rings. The summed E-state index contributed by atoms with van der Waals surface area (Å²) in [5.74, 6) is 1.11. The summed E-state index contributed by atoms with van der Waals surface area (Å²) in [6.07, 6.45) is 0.523. The molecule has 46 heavy (non-hydrogen) atoms. The zero-order chi connectivity index (χ0) is 33.5. The fourth-order valence-corrected chi connectivity index (χ4v) is 8.20. The molecule has 10 nitrogen and oxygen atoms in total. The molecule has 252 valence electrons. The largest absolute Gasteiger partial charge is 0.493 e. The predicted octanol–water partition coefficient (Wildman–Crippen LogP) is 3.84. The van der Waals surface area contributed by atoms with Gasteiger partial charge in [0.05, 0.1) is 25.9 Å². The normalized spacial score (nSPS) is 29.0. The van der Waals surface area contributed by atoms with Crippen molar-refractivity contribution in [2.75, 3.05) is 39.3 Å². The number of fused-ring (bicyclic) bond motifs is 2. The van der Waals surface area contributed by atoms with E-state index in [1.165, 1.54) is 6.42 Å². The number of anilines is 1. The van der Waals surface area contributed by atoms with Crippen LogP contribution in [0.2, 0.25) is 0 Å². The van der Waals surface area contributed by atoms with Crippen LogP contribution in [-0.4, -0.2) is 85.7 Å². The molecule has 3 aliphatic carbocycles. The van der Waals surface area contributed by atoms with Crippen molar-refractivity contribution in [3.63, 3.8) is 0 Å². The Morgan fingerprint density at radius 2 is 1.93 bits per heavy atom. The molecule has 3 saturated carbocycles. The van der Waals surface area contributed by atoms with Gasteiger partial charge in [0.15, 0.2) is 0 Å². The van der Waals surface area contributed by atoms with Gasteiger partial charge in [0, 0.05) is 55.5 Å². The average molecular weight is 637 g/mol. The number of rotatable bonds is 11.